The van der Waals surface area contributed by atoms with Crippen molar-refractivity contribution in [3.63, 3.8) is 0 Å². The molecule has 0 saturated carbocycles. The van der Waals surface area contributed by atoms with Crippen molar-refractivity contribution in [3.8, 4) is 0 Å². The van der Waals surface area contributed by atoms with Crippen LogP contribution in [0.25, 0.3) is 0 Å². The minimum Gasteiger partial charge on any atom is -0.477 e. The lowest BCUT2D eigenvalue weighted by molar-refractivity contribution is -0.128. The maximum Gasteiger partial charge on any atom is 0.348 e. The van der Waals surface area contributed by atoms with E-state index in [0.717, 1.165) is 0 Å². The first-order chi connectivity index (χ1) is 2.77. The van der Waals surface area contributed by atoms with E-state index in [-0.39, 0.29) is 0 Å². The van der Waals surface area contributed by atoms with Crippen molar-refractivity contribution in [2.75, 3.05) is 0 Å². The van der Waals surface area contributed by atoms with Gasteiger partial charge in [-0.05, 0) is 0 Å². The Labute approximate surface area is 34.3 Å². The largest absolute Gasteiger partial charge is 0.477 e. The number of hydrazone groups is 1. The molecule has 0 aromatic carbocycles. The standard InChI is InChI=1S/C2H4N2O2/c3-4-1-2(5)6/h1H,3H2,(H,5,6)/b4-1+. The molecule has 0 aliphatic rings. The number of hydrogen-bond donors (Lipinski definition) is 2. The first kappa shape index (κ1) is 4.94. The summed E-state index contributed by atoms with van der Waals surface area (Å²) in [4.78, 5) is 9.37. The van der Waals surface area contributed by atoms with E-state index in [4.69, 9.17) is 5.11 Å². The van der Waals surface area contributed by atoms with Gasteiger partial charge in [0, 0.05) is 0 Å². The van der Waals surface area contributed by atoms with Gasteiger partial charge in [-0.1, -0.05) is 0 Å². The lowest BCUT2D eigenvalue weighted by Crippen LogP contribution is -1.96. The fourth-order valence-corrected chi connectivity index (χ4v) is 0.0638. The van der Waals surface area contributed by atoms with E-state index < -0.39 is 5.97 Å². The molecule has 0 rings (SSSR count). The van der Waals surface area contributed by atoms with Crippen LogP contribution in [0.15, 0.2) is 5.10 Å². The van der Waals surface area contributed by atoms with E-state index in [9.17, 15) is 4.79 Å². The van der Waals surface area contributed by atoms with Crippen LogP contribution in [0.5, 0.6) is 0 Å². The predicted molar refractivity (Wildman–Crippen MR) is 20.3 cm³/mol. The molecule has 0 radical (unpaired) electrons. The average molecular weight is 88.1 g/mol. The van der Waals surface area contributed by atoms with E-state index >= 15 is 0 Å². The van der Waals surface area contributed by atoms with E-state index in [1.807, 2.05) is 0 Å². The smallest absolute Gasteiger partial charge is 0.348 e. The van der Waals surface area contributed by atoms with E-state index in [2.05, 4.69) is 10.9 Å². The summed E-state index contributed by atoms with van der Waals surface area (Å²) in [5.74, 6) is 3.29. The van der Waals surface area contributed by atoms with Gasteiger partial charge in [-0.2, -0.15) is 5.10 Å². The molecular weight excluding hydrogens is 84.0 g/mol. The van der Waals surface area contributed by atoms with Crippen molar-refractivity contribution in [1.82, 2.24) is 0 Å². The van der Waals surface area contributed by atoms with Crippen molar-refractivity contribution in [1.29, 1.82) is 0 Å². The van der Waals surface area contributed by atoms with Crippen molar-refractivity contribution in [2.24, 2.45) is 10.9 Å². The van der Waals surface area contributed by atoms with Crippen molar-refractivity contribution >= 4 is 12.2 Å². The highest BCUT2D eigenvalue weighted by atomic mass is 16.4. The monoisotopic (exact) mass is 88.0 g/mol. The number of hydrogen-bond acceptors (Lipinski definition) is 3. The van der Waals surface area contributed by atoms with Crippen LogP contribution in [0.3, 0.4) is 0 Å². The molecule has 6 heavy (non-hydrogen) atoms. The molecule has 4 nitrogen and oxygen atoms in total. The molecule has 0 heterocycles. The van der Waals surface area contributed by atoms with Gasteiger partial charge in [-0.25, -0.2) is 4.79 Å². The van der Waals surface area contributed by atoms with Crippen LogP contribution in [0.1, 0.15) is 0 Å². The Morgan fingerprint density at radius 2 is 2.50 bits per heavy atom. The molecule has 0 unspecified atom stereocenters. The molecule has 0 atom stereocenters. The number of carboxylic acid groups (broad SMARTS) is 1. The van der Waals surface area contributed by atoms with Gasteiger partial charge in [0.1, 0.15) is 6.21 Å². The van der Waals surface area contributed by atoms with Crippen LogP contribution in [-0.2, 0) is 4.79 Å². The maximum atomic E-state index is 9.37. The van der Waals surface area contributed by atoms with Gasteiger partial charge in [-0.15, -0.1) is 0 Å². The molecule has 3 N–H and O–H groups in total. The number of rotatable bonds is 1. The fourth-order valence-electron chi connectivity index (χ4n) is 0.0638. The Morgan fingerprint density at radius 3 is 2.50 bits per heavy atom. The van der Waals surface area contributed by atoms with Crippen LogP contribution in [0.2, 0.25) is 0 Å². The summed E-state index contributed by atoms with van der Waals surface area (Å²) < 4.78 is 0. The van der Waals surface area contributed by atoms with Crippen molar-refractivity contribution in [3.05, 3.63) is 0 Å². The Balaban J connectivity index is 3.30. The predicted octanol–water partition coefficient (Wildman–Crippen LogP) is -0.984. The third-order valence-electron chi connectivity index (χ3n) is 0.185. The Kier molecular flexibility index (Phi) is 1.81. The van der Waals surface area contributed by atoms with Gasteiger partial charge in [0.05, 0.1) is 0 Å². The molecule has 0 saturated heterocycles. The zero-order chi connectivity index (χ0) is 4.99. The minimum atomic E-state index is -1.13. The molecule has 0 aliphatic carbocycles. The van der Waals surface area contributed by atoms with Crippen LogP contribution < -0.4 is 5.84 Å². The SMILES string of the molecule is N/N=C/C(=O)O. The molecule has 0 aromatic rings. The van der Waals surface area contributed by atoms with Gasteiger partial charge in [0.15, 0.2) is 0 Å². The zero-order valence-corrected chi connectivity index (χ0v) is 2.96. The molecule has 0 bridgehead atoms. The summed E-state index contributed by atoms with van der Waals surface area (Å²) in [5.41, 5.74) is 0. The van der Waals surface area contributed by atoms with Gasteiger partial charge in [0.2, 0.25) is 0 Å². The summed E-state index contributed by atoms with van der Waals surface area (Å²) in [6, 6.07) is 0. The van der Waals surface area contributed by atoms with E-state index in [0.29, 0.717) is 6.21 Å². The first-order valence-electron chi connectivity index (χ1n) is 1.23. The van der Waals surface area contributed by atoms with Crippen molar-refractivity contribution < 1.29 is 9.90 Å². The van der Waals surface area contributed by atoms with Crippen LogP contribution in [0, 0.1) is 0 Å². The Hall–Kier alpha value is -1.06. The summed E-state index contributed by atoms with van der Waals surface area (Å²) in [5, 5.41) is 10.4. The third kappa shape index (κ3) is 2.94. The van der Waals surface area contributed by atoms with Crippen LogP contribution in [-0.4, -0.2) is 17.3 Å². The number of carbonyl (C=O) groups is 1. The van der Waals surface area contributed by atoms with Gasteiger partial charge >= 0.3 is 5.97 Å². The lowest BCUT2D eigenvalue weighted by atomic mass is 10.8. The normalized spacial score (nSPS) is 9.33. The number of nitrogens with two attached hydrogens (primary N) is 1. The molecule has 0 aromatic heterocycles. The quantitative estimate of drug-likeness (QED) is 0.245. The van der Waals surface area contributed by atoms with Gasteiger partial charge < -0.3 is 10.9 Å². The molecule has 0 aliphatic heterocycles. The van der Waals surface area contributed by atoms with Gasteiger partial charge in [-0.3, -0.25) is 0 Å². The first-order valence-corrected chi connectivity index (χ1v) is 1.23. The number of nitrogens with zero attached hydrogens (tertiary/aromatic N) is 1. The highest BCUT2D eigenvalue weighted by Crippen LogP contribution is 1.46. The summed E-state index contributed by atoms with van der Waals surface area (Å²) in [6.07, 6.45) is 0.611. The molecule has 4 heteroatoms. The number of carboxylic acids is 1. The molecule has 34 valence electrons. The lowest BCUT2D eigenvalue weighted by Gasteiger charge is -1.68. The summed E-state index contributed by atoms with van der Waals surface area (Å²) in [6.45, 7) is 0. The number of aliphatic carboxylic acids is 1. The van der Waals surface area contributed by atoms with E-state index in [1.54, 1.807) is 0 Å². The molecule has 0 spiro atoms. The minimum absolute atomic E-state index is 0.611. The molecular formula is C2H4N2O2. The Morgan fingerprint density at radius 1 is 2.00 bits per heavy atom. The second kappa shape index (κ2) is 2.19. The van der Waals surface area contributed by atoms with Gasteiger partial charge in [0.25, 0.3) is 0 Å². The second-order valence-corrected chi connectivity index (χ2v) is 0.616. The highest BCUT2D eigenvalue weighted by Gasteiger charge is 1.79. The topological polar surface area (TPSA) is 75.7 Å². The van der Waals surface area contributed by atoms with Crippen LogP contribution >= 0.6 is 0 Å². The molecule has 0 fully saturated rings. The second-order valence-electron chi connectivity index (χ2n) is 0.616. The van der Waals surface area contributed by atoms with Crippen LogP contribution in [0.4, 0.5) is 0 Å². The zero-order valence-electron chi connectivity index (χ0n) is 2.96. The van der Waals surface area contributed by atoms with Crippen molar-refractivity contribution in [2.45, 2.75) is 0 Å². The Bertz CT molecular complexity index is 77.6. The summed E-state index contributed by atoms with van der Waals surface area (Å²) >= 11 is 0. The maximum absolute atomic E-state index is 9.37. The molecule has 0 amide bonds. The highest BCUT2D eigenvalue weighted by molar-refractivity contribution is 6.21. The van der Waals surface area contributed by atoms with E-state index in [1.165, 1.54) is 0 Å². The third-order valence-corrected chi connectivity index (χ3v) is 0.185. The fraction of sp³-hybridized carbons (Fsp3) is 0. The summed E-state index contributed by atoms with van der Waals surface area (Å²) in [7, 11) is 0. The average Bonchev–Trinajstić information content (AvgIpc) is 1.35.